The van der Waals surface area contributed by atoms with E-state index in [1.54, 1.807) is 6.20 Å². The maximum Gasteiger partial charge on any atom is 0.253 e. The number of benzene rings is 1. The van der Waals surface area contributed by atoms with Crippen LogP contribution in [0.1, 0.15) is 16.2 Å². The number of carbonyl (C=O) groups excluding carboxylic acids is 1. The van der Waals surface area contributed by atoms with E-state index in [0.717, 1.165) is 11.3 Å². The molecule has 3 rings (SSSR count). The number of H-pyrrole nitrogens is 2. The number of aromatic amines is 2. The first kappa shape index (κ1) is 13.8. The summed E-state index contributed by atoms with van der Waals surface area (Å²) >= 11 is 0. The minimum Gasteiger partial charge on any atom is -0.345 e. The molecule has 0 aliphatic carbocycles. The summed E-state index contributed by atoms with van der Waals surface area (Å²) in [5, 5.41) is 2.74. The van der Waals surface area contributed by atoms with Crippen LogP contribution in [0.4, 0.5) is 0 Å². The van der Waals surface area contributed by atoms with Crippen molar-refractivity contribution in [3.63, 3.8) is 0 Å². The average Bonchev–Trinajstić information content (AvgIpc) is 3.03. The van der Waals surface area contributed by atoms with Gasteiger partial charge in [-0.05, 0) is 11.6 Å². The number of rotatable bonds is 4. The van der Waals surface area contributed by atoms with Crippen LogP contribution >= 0.6 is 0 Å². The molecule has 0 atom stereocenters. The second kappa shape index (κ2) is 6.09. The summed E-state index contributed by atoms with van der Waals surface area (Å²) in [6.07, 6.45) is 3.12. The summed E-state index contributed by atoms with van der Waals surface area (Å²) in [4.78, 5) is 32.8. The standard InChI is InChI=1S/C16H14N4O2/c21-15-7-6-12(8-18-15)16(22)19-10-14-17-9-13(20-14)11-4-2-1-3-5-11/h1-9H,10H2,(H,17,20)(H,18,21)(H,19,22). The summed E-state index contributed by atoms with van der Waals surface area (Å²) < 4.78 is 0. The summed E-state index contributed by atoms with van der Waals surface area (Å²) in [7, 11) is 0. The molecule has 0 saturated carbocycles. The lowest BCUT2D eigenvalue weighted by Crippen LogP contribution is -2.24. The highest BCUT2D eigenvalue weighted by molar-refractivity contribution is 5.93. The number of carbonyl (C=O) groups is 1. The summed E-state index contributed by atoms with van der Waals surface area (Å²) in [5.74, 6) is 0.394. The molecule has 3 aromatic rings. The Morgan fingerprint density at radius 2 is 1.95 bits per heavy atom. The largest absolute Gasteiger partial charge is 0.345 e. The Bertz CT molecular complexity index is 816. The first-order valence-electron chi connectivity index (χ1n) is 6.78. The van der Waals surface area contributed by atoms with Gasteiger partial charge in [0.05, 0.1) is 24.0 Å². The van der Waals surface area contributed by atoms with Crippen LogP contribution in [0.25, 0.3) is 11.3 Å². The fourth-order valence-electron chi connectivity index (χ4n) is 2.03. The van der Waals surface area contributed by atoms with E-state index in [9.17, 15) is 9.59 Å². The van der Waals surface area contributed by atoms with Gasteiger partial charge < -0.3 is 15.3 Å². The zero-order valence-electron chi connectivity index (χ0n) is 11.7. The highest BCUT2D eigenvalue weighted by Crippen LogP contribution is 2.15. The van der Waals surface area contributed by atoms with Crippen LogP contribution in [0.3, 0.4) is 0 Å². The zero-order valence-corrected chi connectivity index (χ0v) is 11.7. The number of nitrogens with zero attached hydrogens (tertiary/aromatic N) is 1. The molecular weight excluding hydrogens is 280 g/mol. The van der Waals surface area contributed by atoms with Gasteiger partial charge in [0.15, 0.2) is 0 Å². The zero-order chi connectivity index (χ0) is 15.4. The van der Waals surface area contributed by atoms with Gasteiger partial charge in [-0.2, -0.15) is 0 Å². The van der Waals surface area contributed by atoms with E-state index in [2.05, 4.69) is 20.3 Å². The molecule has 1 amide bonds. The SMILES string of the molecule is O=C(NCc1ncc(-c2ccccc2)[nH]1)c1ccc(=O)[nH]c1. The van der Waals surface area contributed by atoms with Gasteiger partial charge in [-0.25, -0.2) is 4.98 Å². The Morgan fingerprint density at radius 3 is 2.68 bits per heavy atom. The van der Waals surface area contributed by atoms with E-state index in [-0.39, 0.29) is 18.0 Å². The molecule has 2 heterocycles. The molecule has 0 bridgehead atoms. The normalized spacial score (nSPS) is 10.4. The van der Waals surface area contributed by atoms with Crippen LogP contribution in [0.15, 0.2) is 59.7 Å². The van der Waals surface area contributed by atoms with Crippen LogP contribution in [0.5, 0.6) is 0 Å². The molecule has 3 N–H and O–H groups in total. The van der Waals surface area contributed by atoms with E-state index in [1.807, 2.05) is 30.3 Å². The van der Waals surface area contributed by atoms with Crippen molar-refractivity contribution in [2.24, 2.45) is 0 Å². The Kier molecular flexibility index (Phi) is 3.82. The molecule has 110 valence electrons. The van der Waals surface area contributed by atoms with Gasteiger partial charge in [-0.3, -0.25) is 9.59 Å². The summed E-state index contributed by atoms with van der Waals surface area (Å²) in [6.45, 7) is 0.283. The van der Waals surface area contributed by atoms with Gasteiger partial charge in [-0.1, -0.05) is 30.3 Å². The predicted molar refractivity (Wildman–Crippen MR) is 82.3 cm³/mol. The van der Waals surface area contributed by atoms with Gasteiger partial charge in [0.1, 0.15) is 5.82 Å². The molecule has 6 heteroatoms. The number of aromatic nitrogens is 3. The summed E-state index contributed by atoms with van der Waals surface area (Å²) in [6, 6.07) is 12.6. The lowest BCUT2D eigenvalue weighted by molar-refractivity contribution is 0.0949. The molecule has 0 radical (unpaired) electrons. The van der Waals surface area contributed by atoms with E-state index >= 15 is 0 Å². The van der Waals surface area contributed by atoms with E-state index in [1.165, 1.54) is 18.3 Å². The Morgan fingerprint density at radius 1 is 1.14 bits per heavy atom. The monoisotopic (exact) mass is 294 g/mol. The van der Waals surface area contributed by atoms with Crippen molar-refractivity contribution < 1.29 is 4.79 Å². The molecule has 6 nitrogen and oxygen atoms in total. The van der Waals surface area contributed by atoms with Gasteiger partial charge in [0.25, 0.3) is 5.91 Å². The van der Waals surface area contributed by atoms with Gasteiger partial charge in [0, 0.05) is 12.3 Å². The van der Waals surface area contributed by atoms with Crippen molar-refractivity contribution in [2.75, 3.05) is 0 Å². The van der Waals surface area contributed by atoms with E-state index < -0.39 is 0 Å². The van der Waals surface area contributed by atoms with Crippen LogP contribution in [-0.2, 0) is 6.54 Å². The minimum absolute atomic E-state index is 0.241. The summed E-state index contributed by atoms with van der Waals surface area (Å²) in [5.41, 5.74) is 2.09. The predicted octanol–water partition coefficient (Wildman–Crippen LogP) is 1.69. The molecule has 0 spiro atoms. The molecule has 2 aromatic heterocycles. The van der Waals surface area contributed by atoms with Crippen molar-refractivity contribution in [1.29, 1.82) is 0 Å². The van der Waals surface area contributed by atoms with Crippen molar-refractivity contribution in [3.8, 4) is 11.3 Å². The van der Waals surface area contributed by atoms with Crippen LogP contribution in [0, 0.1) is 0 Å². The highest BCUT2D eigenvalue weighted by Gasteiger charge is 2.07. The quantitative estimate of drug-likeness (QED) is 0.684. The van der Waals surface area contributed by atoms with E-state index in [4.69, 9.17) is 0 Å². The maximum absolute atomic E-state index is 11.9. The highest BCUT2D eigenvalue weighted by atomic mass is 16.1. The molecule has 0 aliphatic rings. The molecule has 0 unspecified atom stereocenters. The van der Waals surface area contributed by atoms with Crippen LogP contribution in [0.2, 0.25) is 0 Å². The van der Waals surface area contributed by atoms with Crippen LogP contribution < -0.4 is 10.9 Å². The fourth-order valence-corrected chi connectivity index (χ4v) is 2.03. The molecular formula is C16H14N4O2. The number of imidazole rings is 1. The third-order valence-corrected chi connectivity index (χ3v) is 3.18. The second-order valence-corrected chi connectivity index (χ2v) is 4.73. The smallest absolute Gasteiger partial charge is 0.253 e. The topological polar surface area (TPSA) is 90.6 Å². The third-order valence-electron chi connectivity index (χ3n) is 3.18. The maximum atomic E-state index is 11.9. The van der Waals surface area contributed by atoms with Gasteiger partial charge in [-0.15, -0.1) is 0 Å². The van der Waals surface area contributed by atoms with Gasteiger partial charge >= 0.3 is 0 Å². The lowest BCUT2D eigenvalue weighted by Gasteiger charge is -2.02. The number of pyridine rings is 1. The molecule has 22 heavy (non-hydrogen) atoms. The van der Waals surface area contributed by atoms with Crippen LogP contribution in [-0.4, -0.2) is 20.9 Å². The van der Waals surface area contributed by atoms with Crippen molar-refractivity contribution in [1.82, 2.24) is 20.3 Å². The lowest BCUT2D eigenvalue weighted by atomic mass is 10.2. The Labute approximate surface area is 126 Å². The fraction of sp³-hybridized carbons (Fsp3) is 0.0625. The first-order valence-corrected chi connectivity index (χ1v) is 6.78. The Balaban J connectivity index is 1.65. The first-order chi connectivity index (χ1) is 10.7. The van der Waals surface area contributed by atoms with Crippen molar-refractivity contribution in [3.05, 3.63) is 76.6 Å². The molecule has 0 aliphatic heterocycles. The number of amides is 1. The number of nitrogens with one attached hydrogen (secondary N) is 3. The molecule has 0 saturated heterocycles. The van der Waals surface area contributed by atoms with Crippen molar-refractivity contribution >= 4 is 5.91 Å². The van der Waals surface area contributed by atoms with Gasteiger partial charge in [0.2, 0.25) is 5.56 Å². The Hall–Kier alpha value is -3.15. The number of hydrogen-bond donors (Lipinski definition) is 3. The van der Waals surface area contributed by atoms with E-state index in [0.29, 0.717) is 11.4 Å². The van der Waals surface area contributed by atoms with Crippen molar-refractivity contribution in [2.45, 2.75) is 6.54 Å². The molecule has 1 aromatic carbocycles. The average molecular weight is 294 g/mol. The number of hydrogen-bond acceptors (Lipinski definition) is 3. The second-order valence-electron chi connectivity index (χ2n) is 4.73. The molecule has 0 fully saturated rings. The minimum atomic E-state index is -0.270. The third kappa shape index (κ3) is 3.12.